The molecular weight excluding hydrogens is 1380 g/mol. The molecule has 558 valence electrons. The lowest BCUT2D eigenvalue weighted by molar-refractivity contribution is -0.184. The molecule has 0 radical (unpaired) electrons. The van der Waals surface area contributed by atoms with E-state index in [2.05, 4.69) is 43.9 Å². The summed E-state index contributed by atoms with van der Waals surface area (Å²) in [6.45, 7) is 15.0. The van der Waals surface area contributed by atoms with Crippen LogP contribution in [0.3, 0.4) is 0 Å². The number of hydrogen-bond donors (Lipinski definition) is 4. The van der Waals surface area contributed by atoms with E-state index < -0.39 is 169 Å². The lowest BCUT2D eigenvalue weighted by Crippen LogP contribution is -2.63. The number of carbonyl (C=O) groups is 12. The van der Waals surface area contributed by atoms with Gasteiger partial charge in [0.1, 0.15) is 47.8 Å². The second-order valence-corrected chi connectivity index (χ2v) is 31.6. The van der Waals surface area contributed by atoms with Gasteiger partial charge < -0.3 is 60.5 Å². The van der Waals surface area contributed by atoms with E-state index in [-0.39, 0.29) is 75.5 Å². The summed E-state index contributed by atoms with van der Waals surface area (Å²) in [4.78, 5) is 187. The van der Waals surface area contributed by atoms with Gasteiger partial charge in [-0.15, -0.1) is 0 Å². The van der Waals surface area contributed by atoms with Crippen LogP contribution in [0.25, 0.3) is 0 Å². The standard InChI is InChI=1S/C70H118F3IN12O12/c1-17-19-26-50-64(94)85(16)69(8,9)68(98)77-51(32-27-43(3)4)63(93)84(15)55(66(96)86-33-21-20-22-34-86)39-57(88)82(13)53(35-44(5)6)62(92)78-60(45(7)18-2)67(97)81(12)41-58(89)79(10)42-59(90)83(14)54(38-46-28-30-48(31-29-46)70(71,72)73)65(95)80(11)40-56(87)75-52(61(91)76-50)37-47-24-23-25-49(74)36-47/h43-55,60H,17-42H2,1-16H3,(H,75,87)(H,76,91)(H,77,98)(H,78,92)/t45-,46?,47?,48?,49?,50-,51-,52-,53-,54-,55-,60-/m0/s1. The Labute approximate surface area is 594 Å². The number of rotatable bonds is 15. The fourth-order valence-electron chi connectivity index (χ4n) is 13.6. The molecule has 2 saturated heterocycles. The van der Waals surface area contributed by atoms with Crippen LogP contribution in [-0.4, -0.2) is 250 Å². The number of likely N-dealkylation sites (N-methyl/N-ethyl adjacent to an activating group) is 7. The van der Waals surface area contributed by atoms with Crippen molar-refractivity contribution in [3.8, 4) is 0 Å². The maximum atomic E-state index is 15.2. The zero-order chi connectivity index (χ0) is 73.8. The largest absolute Gasteiger partial charge is 0.391 e. The average molecular weight is 1500 g/mol. The van der Waals surface area contributed by atoms with Crippen LogP contribution in [0.5, 0.6) is 0 Å². The first-order valence-electron chi connectivity index (χ1n) is 35.8. The minimum atomic E-state index is -4.42. The fourth-order valence-corrected chi connectivity index (χ4v) is 14.7. The molecule has 12 amide bonds. The first kappa shape index (κ1) is 84.6. The van der Waals surface area contributed by atoms with Crippen molar-refractivity contribution in [1.29, 1.82) is 0 Å². The molecule has 0 spiro atoms. The Balaban J connectivity index is 1.88. The Bertz CT molecular complexity index is 2750. The van der Waals surface area contributed by atoms with Crippen LogP contribution in [0.1, 0.15) is 197 Å². The van der Waals surface area contributed by atoms with Crippen LogP contribution >= 0.6 is 22.6 Å². The summed E-state index contributed by atoms with van der Waals surface area (Å²) >= 11 is 2.37. The molecule has 24 nitrogen and oxygen atoms in total. The van der Waals surface area contributed by atoms with E-state index in [4.69, 9.17) is 0 Å². The first-order chi connectivity index (χ1) is 45.7. The highest BCUT2D eigenvalue weighted by Gasteiger charge is 2.46. The average Bonchev–Trinajstić information content (AvgIpc) is 0.816. The Kier molecular flexibility index (Phi) is 33.5. The normalized spacial score (nSPS) is 28.6. The van der Waals surface area contributed by atoms with Crippen molar-refractivity contribution in [3.63, 3.8) is 0 Å². The highest BCUT2D eigenvalue weighted by Crippen LogP contribution is 2.41. The summed E-state index contributed by atoms with van der Waals surface area (Å²) in [5, 5.41) is 11.5. The van der Waals surface area contributed by atoms with Gasteiger partial charge >= 0.3 is 6.18 Å². The molecule has 4 fully saturated rings. The summed E-state index contributed by atoms with van der Waals surface area (Å²) in [7, 11) is 9.60. The summed E-state index contributed by atoms with van der Waals surface area (Å²) in [6, 6.07) is -8.89. The van der Waals surface area contributed by atoms with E-state index in [1.54, 1.807) is 11.8 Å². The molecule has 4 N–H and O–H groups in total. The molecule has 98 heavy (non-hydrogen) atoms. The molecule has 0 aromatic heterocycles. The summed E-state index contributed by atoms with van der Waals surface area (Å²) in [5.41, 5.74) is -1.70. The number of piperidine rings is 1. The Hall–Kier alpha value is -5.84. The van der Waals surface area contributed by atoms with Gasteiger partial charge in [0.15, 0.2) is 0 Å². The molecular formula is C70H118F3IN12O12. The van der Waals surface area contributed by atoms with Crippen molar-refractivity contribution in [2.24, 2.45) is 35.5 Å². The van der Waals surface area contributed by atoms with E-state index in [0.29, 0.717) is 55.5 Å². The number of nitrogens with zero attached hydrogens (tertiary/aromatic N) is 8. The Morgan fingerprint density at radius 1 is 0.582 bits per heavy atom. The van der Waals surface area contributed by atoms with Crippen LogP contribution in [0.4, 0.5) is 13.2 Å². The van der Waals surface area contributed by atoms with Crippen molar-refractivity contribution in [2.45, 2.75) is 255 Å². The van der Waals surface area contributed by atoms with Crippen molar-refractivity contribution in [2.75, 3.05) is 82.1 Å². The monoisotopic (exact) mass is 1500 g/mol. The highest BCUT2D eigenvalue weighted by molar-refractivity contribution is 14.1. The molecule has 10 atom stereocenters. The van der Waals surface area contributed by atoms with E-state index >= 15 is 9.59 Å². The van der Waals surface area contributed by atoms with Gasteiger partial charge in [-0.05, 0) is 140 Å². The molecule has 2 aliphatic heterocycles. The number of unbranched alkanes of at least 4 members (excludes halogenated alkanes) is 1. The van der Waals surface area contributed by atoms with Gasteiger partial charge in [-0.1, -0.05) is 103 Å². The van der Waals surface area contributed by atoms with Crippen molar-refractivity contribution in [3.05, 3.63) is 0 Å². The zero-order valence-corrected chi connectivity index (χ0v) is 63.6. The molecule has 4 aliphatic rings. The Morgan fingerprint density at radius 2 is 1.17 bits per heavy atom. The second kappa shape index (κ2) is 38.8. The van der Waals surface area contributed by atoms with Crippen LogP contribution in [0, 0.1) is 35.5 Å². The first-order valence-corrected chi connectivity index (χ1v) is 37.0. The number of amides is 12. The number of halogens is 4. The predicted octanol–water partition coefficient (Wildman–Crippen LogP) is 6.30. The fraction of sp³-hybridized carbons (Fsp3) is 0.829. The smallest absolute Gasteiger partial charge is 0.343 e. The summed E-state index contributed by atoms with van der Waals surface area (Å²) in [6.07, 6.45) is 2.74. The van der Waals surface area contributed by atoms with Gasteiger partial charge in [0.25, 0.3) is 0 Å². The molecule has 2 heterocycles. The van der Waals surface area contributed by atoms with Gasteiger partial charge in [-0.2, -0.15) is 13.2 Å². The lowest BCUT2D eigenvalue weighted by Gasteiger charge is -2.39. The SMILES string of the molecule is CCCC[C@@H]1NC(=O)[C@H](CC2CCCC(I)C2)NC(=O)CN(C)C(=O)[C@H](CC2CCC(C(F)(F)F)CC2)N(C)C(=O)CN(C)C(=O)CN(C)C(=O)[C@H]([C@@H](C)CC)NC(=O)[C@H](CC(C)C)N(C)C(=O)C[C@@H](C(=O)N2CCCCC2)N(C)C(=O)[C@H](CCC(C)C)NC(=O)C(C)(C)N(C)C1=O. The molecule has 0 bridgehead atoms. The Morgan fingerprint density at radius 3 is 1.74 bits per heavy atom. The van der Waals surface area contributed by atoms with Gasteiger partial charge in [-0.25, -0.2) is 0 Å². The van der Waals surface area contributed by atoms with E-state index in [1.807, 2.05) is 41.5 Å². The maximum Gasteiger partial charge on any atom is 0.391 e. The molecule has 2 unspecified atom stereocenters. The van der Waals surface area contributed by atoms with Gasteiger partial charge in [-0.3, -0.25) is 57.5 Å². The predicted molar refractivity (Wildman–Crippen MR) is 375 cm³/mol. The molecule has 0 aromatic carbocycles. The maximum absolute atomic E-state index is 15.2. The minimum Gasteiger partial charge on any atom is -0.343 e. The van der Waals surface area contributed by atoms with Crippen molar-refractivity contribution >= 4 is 93.5 Å². The van der Waals surface area contributed by atoms with E-state index in [9.17, 15) is 61.1 Å². The topological polar surface area (TPSA) is 279 Å². The number of carbonyl (C=O) groups excluding carboxylic acids is 12. The van der Waals surface area contributed by atoms with Crippen molar-refractivity contribution in [1.82, 2.24) is 60.5 Å². The summed E-state index contributed by atoms with van der Waals surface area (Å²) < 4.78 is 42.0. The minimum absolute atomic E-state index is 0.0267. The molecule has 28 heteroatoms. The van der Waals surface area contributed by atoms with Gasteiger partial charge in [0, 0.05) is 66.3 Å². The van der Waals surface area contributed by atoms with Crippen LogP contribution in [0.2, 0.25) is 0 Å². The third-order valence-electron chi connectivity index (χ3n) is 20.8. The molecule has 0 aromatic rings. The zero-order valence-electron chi connectivity index (χ0n) is 61.5. The van der Waals surface area contributed by atoms with Crippen LogP contribution in [0.15, 0.2) is 0 Å². The number of nitrogens with one attached hydrogen (secondary N) is 4. The quantitative estimate of drug-likeness (QED) is 0.104. The second-order valence-electron chi connectivity index (χ2n) is 29.9. The summed E-state index contributed by atoms with van der Waals surface area (Å²) in [5.74, 6) is -10.9. The van der Waals surface area contributed by atoms with Crippen molar-refractivity contribution < 1.29 is 70.7 Å². The number of alkyl halides is 4. The van der Waals surface area contributed by atoms with E-state index in [0.717, 1.165) is 51.7 Å². The number of hydrogen-bond acceptors (Lipinski definition) is 12. The molecule has 4 rings (SSSR count). The van der Waals surface area contributed by atoms with E-state index in [1.165, 1.54) is 77.9 Å². The third-order valence-corrected chi connectivity index (χ3v) is 22.0. The lowest BCUT2D eigenvalue weighted by atomic mass is 9.78. The molecule has 2 aliphatic carbocycles. The van der Waals surface area contributed by atoms with Gasteiger partial charge in [0.05, 0.1) is 32.0 Å². The van der Waals surface area contributed by atoms with Crippen LogP contribution in [-0.2, 0) is 57.5 Å². The van der Waals surface area contributed by atoms with Gasteiger partial charge in [0.2, 0.25) is 70.9 Å². The van der Waals surface area contributed by atoms with Crippen LogP contribution < -0.4 is 21.3 Å². The number of likely N-dealkylation sites (tertiary alicyclic amines) is 1. The highest BCUT2D eigenvalue weighted by atomic mass is 127. The third kappa shape index (κ3) is 24.5. The molecule has 2 saturated carbocycles.